The lowest BCUT2D eigenvalue weighted by Gasteiger charge is -2.30. The normalized spacial score (nSPS) is 20.3. The maximum atomic E-state index is 11.2. The van der Waals surface area contributed by atoms with Crippen molar-refractivity contribution in [2.75, 3.05) is 19.2 Å². The average molecular weight is 470 g/mol. The number of hydrogen-bond donors (Lipinski definition) is 0. The van der Waals surface area contributed by atoms with Gasteiger partial charge in [0.15, 0.2) is 0 Å². The molecule has 178 valence electrons. The molecule has 2 aliphatic rings. The van der Waals surface area contributed by atoms with E-state index in [1.165, 1.54) is 17.7 Å². The monoisotopic (exact) mass is 469 g/mol. The van der Waals surface area contributed by atoms with E-state index in [0.717, 1.165) is 53.3 Å². The average Bonchev–Trinajstić information content (AvgIpc) is 3.30. The number of nitro benzene ring substituents is 1. The lowest BCUT2D eigenvalue weighted by atomic mass is 9.77. The van der Waals surface area contributed by atoms with Crippen molar-refractivity contribution in [2.24, 2.45) is 11.0 Å². The summed E-state index contributed by atoms with van der Waals surface area (Å²) < 4.78 is 10.7. The van der Waals surface area contributed by atoms with E-state index >= 15 is 0 Å². The molecule has 5 rings (SSSR count). The lowest BCUT2D eigenvalue weighted by Crippen LogP contribution is -2.28. The van der Waals surface area contributed by atoms with Gasteiger partial charge in [-0.2, -0.15) is 5.10 Å². The first-order valence-corrected chi connectivity index (χ1v) is 11.7. The highest BCUT2D eigenvalue weighted by Crippen LogP contribution is 2.46. The van der Waals surface area contributed by atoms with E-state index in [1.807, 2.05) is 29.3 Å². The molecule has 3 aromatic carbocycles. The van der Waals surface area contributed by atoms with Crippen LogP contribution in [0.25, 0.3) is 6.08 Å². The van der Waals surface area contributed by atoms with Crippen LogP contribution in [0, 0.1) is 16.0 Å². The highest BCUT2D eigenvalue weighted by molar-refractivity contribution is 6.08. The Bertz CT molecular complexity index is 1270. The third kappa shape index (κ3) is 4.49. The molecule has 1 saturated carbocycles. The maximum absolute atomic E-state index is 11.2. The number of anilines is 1. The van der Waals surface area contributed by atoms with Crippen LogP contribution in [0.2, 0.25) is 0 Å². The molecule has 35 heavy (non-hydrogen) atoms. The zero-order valence-corrected chi connectivity index (χ0v) is 19.8. The number of allylic oxidation sites excluding steroid dienone is 1. The molecule has 0 N–H and O–H groups in total. The van der Waals surface area contributed by atoms with Gasteiger partial charge in [0, 0.05) is 18.1 Å². The first-order valence-electron chi connectivity index (χ1n) is 11.7. The van der Waals surface area contributed by atoms with Crippen LogP contribution in [0.1, 0.15) is 36.4 Å². The molecule has 7 heteroatoms. The van der Waals surface area contributed by atoms with Gasteiger partial charge in [0.2, 0.25) is 0 Å². The number of non-ortho nitro benzene ring substituents is 1. The third-order valence-corrected chi connectivity index (χ3v) is 6.74. The molecule has 0 bridgehead atoms. The molecule has 3 aromatic rings. The summed E-state index contributed by atoms with van der Waals surface area (Å²) >= 11 is 0. The number of nitrogens with zero attached hydrogens (tertiary/aromatic N) is 3. The summed E-state index contributed by atoms with van der Waals surface area (Å²) in [5.41, 5.74) is 5.47. The van der Waals surface area contributed by atoms with Gasteiger partial charge >= 0.3 is 0 Å². The minimum atomic E-state index is -0.379. The van der Waals surface area contributed by atoms with E-state index < -0.39 is 0 Å². The van der Waals surface area contributed by atoms with Crippen LogP contribution in [0.5, 0.6) is 11.5 Å². The Hall–Kier alpha value is -4.13. The van der Waals surface area contributed by atoms with Gasteiger partial charge in [-0.3, -0.25) is 15.1 Å². The maximum Gasteiger partial charge on any atom is 0.269 e. The van der Waals surface area contributed by atoms with Gasteiger partial charge < -0.3 is 9.47 Å². The van der Waals surface area contributed by atoms with Crippen LogP contribution in [-0.4, -0.2) is 24.9 Å². The molecular formula is C28H27N3O4. The van der Waals surface area contributed by atoms with Gasteiger partial charge in [0.1, 0.15) is 11.5 Å². The fourth-order valence-corrected chi connectivity index (χ4v) is 4.98. The topological polar surface area (TPSA) is 77.2 Å². The molecule has 2 atom stereocenters. The van der Waals surface area contributed by atoms with Crippen molar-refractivity contribution >= 4 is 23.2 Å². The molecule has 0 saturated heterocycles. The van der Waals surface area contributed by atoms with Gasteiger partial charge in [0.05, 0.1) is 36.6 Å². The molecule has 1 fully saturated rings. The molecule has 1 aliphatic carbocycles. The number of rotatable bonds is 6. The SMILES string of the molecule is COc1ccc(/C=C2/CCCC3C2=NN(c2ccc([N+](=O)[O-])cc2)C3c2ccc(OC)cc2)cc1. The second kappa shape index (κ2) is 9.62. The second-order valence-corrected chi connectivity index (χ2v) is 8.76. The summed E-state index contributed by atoms with van der Waals surface area (Å²) in [4.78, 5) is 10.8. The number of hydrazone groups is 1. The Morgan fingerprint density at radius 2 is 1.57 bits per heavy atom. The van der Waals surface area contributed by atoms with Crippen LogP contribution in [0.15, 0.2) is 83.5 Å². The largest absolute Gasteiger partial charge is 0.497 e. The Balaban J connectivity index is 1.55. The predicted octanol–water partition coefficient (Wildman–Crippen LogP) is 6.41. The van der Waals surface area contributed by atoms with Crippen LogP contribution >= 0.6 is 0 Å². The number of ether oxygens (including phenoxy) is 2. The van der Waals surface area contributed by atoms with Crippen LogP contribution in [-0.2, 0) is 0 Å². The Kier molecular flexibility index (Phi) is 6.23. The lowest BCUT2D eigenvalue weighted by molar-refractivity contribution is -0.384. The molecule has 7 nitrogen and oxygen atoms in total. The van der Waals surface area contributed by atoms with E-state index in [4.69, 9.17) is 14.6 Å². The first-order chi connectivity index (χ1) is 17.1. The van der Waals surface area contributed by atoms with E-state index in [1.54, 1.807) is 26.4 Å². The van der Waals surface area contributed by atoms with Gasteiger partial charge in [-0.25, -0.2) is 0 Å². The summed E-state index contributed by atoms with van der Waals surface area (Å²) in [6, 6.07) is 22.8. The predicted molar refractivity (Wildman–Crippen MR) is 137 cm³/mol. The van der Waals surface area contributed by atoms with Crippen LogP contribution in [0.4, 0.5) is 11.4 Å². The van der Waals surface area contributed by atoms with Gasteiger partial charge in [-0.05, 0) is 78.4 Å². The molecule has 2 unspecified atom stereocenters. The highest BCUT2D eigenvalue weighted by Gasteiger charge is 2.42. The fraction of sp³-hybridized carbons (Fsp3) is 0.250. The van der Waals surface area contributed by atoms with Crippen LogP contribution in [0.3, 0.4) is 0 Å². The first kappa shape index (κ1) is 22.7. The summed E-state index contributed by atoms with van der Waals surface area (Å²) in [6.07, 6.45) is 5.28. The molecule has 1 heterocycles. The van der Waals surface area contributed by atoms with Crippen molar-refractivity contribution in [1.82, 2.24) is 0 Å². The molecular weight excluding hydrogens is 442 g/mol. The van der Waals surface area contributed by atoms with Crippen molar-refractivity contribution in [2.45, 2.75) is 25.3 Å². The quantitative estimate of drug-likeness (QED) is 0.308. The van der Waals surface area contributed by atoms with Crippen molar-refractivity contribution in [3.8, 4) is 11.5 Å². The zero-order chi connectivity index (χ0) is 24.4. The van der Waals surface area contributed by atoms with Crippen molar-refractivity contribution < 1.29 is 14.4 Å². The summed E-state index contributed by atoms with van der Waals surface area (Å²) in [6.45, 7) is 0. The standard InChI is InChI=1S/C28H27N3O4/c1-34-24-14-6-19(7-15-24)18-21-4-3-5-26-27(21)29-30(22-10-12-23(13-11-22)31(32)33)28(26)20-8-16-25(35-2)17-9-20/h6-18,26,28H,3-5H2,1-2H3/b21-18-. The van der Waals surface area contributed by atoms with E-state index in [2.05, 4.69) is 30.3 Å². The molecule has 1 aliphatic heterocycles. The van der Waals surface area contributed by atoms with Crippen LogP contribution < -0.4 is 14.5 Å². The Morgan fingerprint density at radius 3 is 2.17 bits per heavy atom. The third-order valence-electron chi connectivity index (χ3n) is 6.74. The van der Waals surface area contributed by atoms with E-state index in [-0.39, 0.29) is 22.6 Å². The molecule has 0 amide bonds. The van der Waals surface area contributed by atoms with Gasteiger partial charge in [-0.1, -0.05) is 24.3 Å². The van der Waals surface area contributed by atoms with Crippen molar-refractivity contribution in [3.05, 3.63) is 99.6 Å². The number of fused-ring (bicyclic) bond motifs is 1. The Morgan fingerprint density at radius 1 is 0.943 bits per heavy atom. The second-order valence-electron chi connectivity index (χ2n) is 8.76. The molecule has 0 aromatic heterocycles. The Labute approximate surface area is 204 Å². The number of nitro groups is 1. The van der Waals surface area contributed by atoms with Crippen molar-refractivity contribution in [1.29, 1.82) is 0 Å². The highest BCUT2D eigenvalue weighted by atomic mass is 16.6. The minimum absolute atomic E-state index is 0.00284. The summed E-state index contributed by atoms with van der Waals surface area (Å²) in [5, 5.41) is 18.3. The minimum Gasteiger partial charge on any atom is -0.497 e. The molecule has 0 radical (unpaired) electrons. The summed E-state index contributed by atoms with van der Waals surface area (Å²) in [5.74, 6) is 1.85. The van der Waals surface area contributed by atoms with Crippen molar-refractivity contribution in [3.63, 3.8) is 0 Å². The van der Waals surface area contributed by atoms with E-state index in [0.29, 0.717) is 0 Å². The fourth-order valence-electron chi connectivity index (χ4n) is 4.98. The van der Waals surface area contributed by atoms with Gasteiger partial charge in [-0.15, -0.1) is 0 Å². The van der Waals surface area contributed by atoms with Gasteiger partial charge in [0.25, 0.3) is 5.69 Å². The number of benzene rings is 3. The molecule has 0 spiro atoms. The van der Waals surface area contributed by atoms with E-state index in [9.17, 15) is 10.1 Å². The number of methoxy groups -OCH3 is 2. The smallest absolute Gasteiger partial charge is 0.269 e. The number of hydrogen-bond acceptors (Lipinski definition) is 6. The zero-order valence-electron chi connectivity index (χ0n) is 19.8. The summed E-state index contributed by atoms with van der Waals surface area (Å²) in [7, 11) is 3.32.